The number of aryl methyl sites for hydroxylation is 1. The van der Waals surface area contributed by atoms with Gasteiger partial charge in [0.1, 0.15) is 0 Å². The molecule has 0 aromatic heterocycles. The maximum absolute atomic E-state index is 12.0. The van der Waals surface area contributed by atoms with Gasteiger partial charge in [-0.15, -0.1) is 0 Å². The molecule has 1 aliphatic rings. The minimum atomic E-state index is -0.470. The summed E-state index contributed by atoms with van der Waals surface area (Å²) in [5, 5.41) is 12.4. The molecule has 1 amide bonds. The molecule has 17 heavy (non-hydrogen) atoms. The molecule has 2 N–H and O–H groups in total. The van der Waals surface area contributed by atoms with Crippen LogP contribution in [0.2, 0.25) is 0 Å². The van der Waals surface area contributed by atoms with Gasteiger partial charge in [0, 0.05) is 5.56 Å². The minimum Gasteiger partial charge on any atom is -0.394 e. The summed E-state index contributed by atoms with van der Waals surface area (Å²) in [7, 11) is 0. The number of benzene rings is 1. The number of rotatable bonds is 4. The Balaban J connectivity index is 2.07. The molecular weight excluding hydrogens is 214 g/mol. The molecule has 0 bridgehead atoms. The molecule has 0 saturated heterocycles. The van der Waals surface area contributed by atoms with Crippen molar-refractivity contribution in [2.45, 2.75) is 32.2 Å². The van der Waals surface area contributed by atoms with Crippen molar-refractivity contribution in [1.29, 1.82) is 0 Å². The van der Waals surface area contributed by atoms with E-state index in [0.717, 1.165) is 18.4 Å². The van der Waals surface area contributed by atoms with Crippen molar-refractivity contribution in [1.82, 2.24) is 5.32 Å². The third kappa shape index (κ3) is 2.67. The first-order chi connectivity index (χ1) is 8.05. The van der Waals surface area contributed by atoms with Crippen LogP contribution in [0.5, 0.6) is 0 Å². The Hall–Kier alpha value is -1.35. The Morgan fingerprint density at radius 2 is 2.00 bits per heavy atom. The van der Waals surface area contributed by atoms with Crippen molar-refractivity contribution in [3.63, 3.8) is 0 Å². The van der Waals surface area contributed by atoms with Crippen LogP contribution in [-0.4, -0.2) is 23.2 Å². The second-order valence-corrected chi connectivity index (χ2v) is 5.17. The number of aliphatic hydroxyl groups is 1. The number of carbonyl (C=O) groups excluding carboxylic acids is 1. The van der Waals surface area contributed by atoms with Gasteiger partial charge >= 0.3 is 0 Å². The predicted molar refractivity (Wildman–Crippen MR) is 66.9 cm³/mol. The largest absolute Gasteiger partial charge is 0.394 e. The van der Waals surface area contributed by atoms with E-state index in [1.807, 2.05) is 38.1 Å². The van der Waals surface area contributed by atoms with E-state index < -0.39 is 5.54 Å². The van der Waals surface area contributed by atoms with Crippen LogP contribution in [0.3, 0.4) is 0 Å². The molecule has 0 aliphatic heterocycles. The summed E-state index contributed by atoms with van der Waals surface area (Å²) in [5.74, 6) is 0.315. The summed E-state index contributed by atoms with van der Waals surface area (Å²) in [6.07, 6.45) is 2.18. The zero-order chi connectivity index (χ0) is 12.5. The summed E-state index contributed by atoms with van der Waals surface area (Å²) >= 11 is 0. The van der Waals surface area contributed by atoms with Crippen LogP contribution in [0.4, 0.5) is 0 Å². The van der Waals surface area contributed by atoms with Gasteiger partial charge < -0.3 is 10.4 Å². The molecule has 0 heterocycles. The standard InChI is InChI=1S/C14H19NO2/c1-10-3-5-11(6-4-10)13(17)15-14(2,9-16)12-7-8-12/h3-6,12,16H,7-9H2,1-2H3,(H,15,17). The minimum absolute atomic E-state index is 0.00469. The van der Waals surface area contributed by atoms with Crippen LogP contribution in [0.15, 0.2) is 24.3 Å². The van der Waals surface area contributed by atoms with Crippen molar-refractivity contribution < 1.29 is 9.90 Å². The Bertz CT molecular complexity index is 409. The first-order valence-electron chi connectivity index (χ1n) is 6.05. The van der Waals surface area contributed by atoms with Crippen LogP contribution in [-0.2, 0) is 0 Å². The smallest absolute Gasteiger partial charge is 0.251 e. The van der Waals surface area contributed by atoms with E-state index in [1.54, 1.807) is 0 Å². The molecule has 0 spiro atoms. The topological polar surface area (TPSA) is 49.3 Å². The third-order valence-corrected chi connectivity index (χ3v) is 3.52. The molecule has 3 nitrogen and oxygen atoms in total. The average molecular weight is 233 g/mol. The van der Waals surface area contributed by atoms with Gasteiger partial charge in [0.25, 0.3) is 5.91 Å². The predicted octanol–water partition coefficient (Wildman–Crippen LogP) is 1.89. The quantitative estimate of drug-likeness (QED) is 0.834. The first kappa shape index (κ1) is 12.1. The molecule has 1 unspecified atom stereocenters. The van der Waals surface area contributed by atoms with Gasteiger partial charge in [0.2, 0.25) is 0 Å². The maximum Gasteiger partial charge on any atom is 0.251 e. The van der Waals surface area contributed by atoms with Crippen molar-refractivity contribution in [3.05, 3.63) is 35.4 Å². The zero-order valence-corrected chi connectivity index (χ0v) is 10.4. The lowest BCUT2D eigenvalue weighted by Gasteiger charge is -2.28. The van der Waals surface area contributed by atoms with E-state index in [4.69, 9.17) is 0 Å². The molecule has 1 fully saturated rings. The van der Waals surface area contributed by atoms with Gasteiger partial charge in [0.05, 0.1) is 12.1 Å². The number of hydrogen-bond acceptors (Lipinski definition) is 2. The van der Waals surface area contributed by atoms with E-state index in [0.29, 0.717) is 11.5 Å². The second-order valence-electron chi connectivity index (χ2n) is 5.17. The highest BCUT2D eigenvalue weighted by Gasteiger charge is 2.42. The Kier molecular flexibility index (Phi) is 3.20. The zero-order valence-electron chi connectivity index (χ0n) is 10.4. The van der Waals surface area contributed by atoms with E-state index in [-0.39, 0.29) is 12.5 Å². The molecule has 2 rings (SSSR count). The number of carbonyl (C=O) groups is 1. The Morgan fingerprint density at radius 1 is 1.41 bits per heavy atom. The Labute approximate surface area is 102 Å². The van der Waals surface area contributed by atoms with Gasteiger partial charge in [-0.3, -0.25) is 4.79 Å². The van der Waals surface area contributed by atoms with E-state index in [2.05, 4.69) is 5.32 Å². The summed E-state index contributed by atoms with van der Waals surface area (Å²) in [6, 6.07) is 7.47. The molecule has 1 aromatic rings. The second kappa shape index (κ2) is 4.49. The fraction of sp³-hybridized carbons (Fsp3) is 0.500. The molecule has 1 atom stereocenters. The van der Waals surface area contributed by atoms with Crippen molar-refractivity contribution in [3.8, 4) is 0 Å². The van der Waals surface area contributed by atoms with E-state index in [1.165, 1.54) is 0 Å². The number of nitrogens with one attached hydrogen (secondary N) is 1. The Morgan fingerprint density at radius 3 is 2.47 bits per heavy atom. The summed E-state index contributed by atoms with van der Waals surface area (Å²) in [6.45, 7) is 3.90. The number of aliphatic hydroxyl groups excluding tert-OH is 1. The number of amides is 1. The molecular formula is C14H19NO2. The molecule has 1 aliphatic carbocycles. The van der Waals surface area contributed by atoms with Crippen LogP contribution in [0, 0.1) is 12.8 Å². The lowest BCUT2D eigenvalue weighted by atomic mass is 9.96. The van der Waals surface area contributed by atoms with Crippen molar-refractivity contribution in [2.75, 3.05) is 6.61 Å². The third-order valence-electron chi connectivity index (χ3n) is 3.52. The summed E-state index contributed by atoms with van der Waals surface area (Å²) in [4.78, 5) is 12.0. The van der Waals surface area contributed by atoms with Crippen molar-refractivity contribution >= 4 is 5.91 Å². The highest BCUT2D eigenvalue weighted by atomic mass is 16.3. The van der Waals surface area contributed by atoms with E-state index in [9.17, 15) is 9.90 Å². The molecule has 1 saturated carbocycles. The van der Waals surface area contributed by atoms with Gasteiger partial charge in [0.15, 0.2) is 0 Å². The first-order valence-corrected chi connectivity index (χ1v) is 6.05. The molecule has 92 valence electrons. The highest BCUT2D eigenvalue weighted by Crippen LogP contribution is 2.39. The number of hydrogen-bond donors (Lipinski definition) is 2. The fourth-order valence-corrected chi connectivity index (χ4v) is 2.03. The summed E-state index contributed by atoms with van der Waals surface area (Å²) < 4.78 is 0. The van der Waals surface area contributed by atoms with Gasteiger partial charge in [-0.2, -0.15) is 0 Å². The van der Waals surface area contributed by atoms with Gasteiger partial charge in [-0.05, 0) is 44.7 Å². The van der Waals surface area contributed by atoms with Crippen molar-refractivity contribution in [2.24, 2.45) is 5.92 Å². The molecule has 3 heteroatoms. The van der Waals surface area contributed by atoms with Gasteiger partial charge in [-0.1, -0.05) is 17.7 Å². The van der Waals surface area contributed by atoms with Crippen LogP contribution in [0.1, 0.15) is 35.7 Å². The SMILES string of the molecule is Cc1ccc(C(=O)NC(C)(CO)C2CC2)cc1. The van der Waals surface area contributed by atoms with E-state index >= 15 is 0 Å². The summed E-state index contributed by atoms with van der Waals surface area (Å²) in [5.41, 5.74) is 1.31. The van der Waals surface area contributed by atoms with Gasteiger partial charge in [-0.25, -0.2) is 0 Å². The molecule has 1 aromatic carbocycles. The van der Waals surface area contributed by atoms with Crippen LogP contribution in [0.25, 0.3) is 0 Å². The maximum atomic E-state index is 12.0. The average Bonchev–Trinajstić information content (AvgIpc) is 3.13. The highest BCUT2D eigenvalue weighted by molar-refractivity contribution is 5.94. The lowest BCUT2D eigenvalue weighted by molar-refractivity contribution is 0.0824. The lowest BCUT2D eigenvalue weighted by Crippen LogP contribution is -2.50. The van der Waals surface area contributed by atoms with Crippen LogP contribution < -0.4 is 5.32 Å². The normalized spacial score (nSPS) is 18.5. The molecule has 0 radical (unpaired) electrons. The monoisotopic (exact) mass is 233 g/mol. The van der Waals surface area contributed by atoms with Crippen LogP contribution >= 0.6 is 0 Å². The fourth-order valence-electron chi connectivity index (χ4n) is 2.03.